The minimum Gasteiger partial charge on any atom is -0.384 e. The number of hydrogen-bond acceptors (Lipinski definition) is 2. The minimum absolute atomic E-state index is 0.158. The van der Waals surface area contributed by atoms with Gasteiger partial charge in [0.05, 0.1) is 5.69 Å². The zero-order valence-corrected chi connectivity index (χ0v) is 10.3. The van der Waals surface area contributed by atoms with Gasteiger partial charge in [-0.2, -0.15) is 0 Å². The third-order valence-corrected chi connectivity index (χ3v) is 2.31. The Morgan fingerprint density at radius 1 is 1.50 bits per heavy atom. The molecule has 0 saturated carbocycles. The predicted molar refractivity (Wildman–Crippen MR) is 68.5 cm³/mol. The van der Waals surface area contributed by atoms with Crippen LogP contribution in [0.3, 0.4) is 0 Å². The standard InChI is InChI=1S/C14H16FNO2/c1-2-3-6-14(18)16-13-8-7-11(5-4-9-17)10-12(13)15/h7-8,10,17H,2-3,6,9H2,1H3,(H,16,18). The molecule has 1 aromatic rings. The Bertz CT molecular complexity index is 474. The summed E-state index contributed by atoms with van der Waals surface area (Å²) in [6.07, 6.45) is 2.10. The molecule has 0 aliphatic rings. The number of amides is 1. The maximum atomic E-state index is 13.6. The molecule has 3 nitrogen and oxygen atoms in total. The van der Waals surface area contributed by atoms with Crippen molar-refractivity contribution in [2.75, 3.05) is 11.9 Å². The van der Waals surface area contributed by atoms with Gasteiger partial charge in [-0.05, 0) is 24.6 Å². The van der Waals surface area contributed by atoms with Gasteiger partial charge in [0, 0.05) is 12.0 Å². The first kappa shape index (κ1) is 14.2. The topological polar surface area (TPSA) is 49.3 Å². The van der Waals surface area contributed by atoms with Crippen molar-refractivity contribution in [1.82, 2.24) is 0 Å². The van der Waals surface area contributed by atoms with Crippen LogP contribution in [0.15, 0.2) is 18.2 Å². The second-order valence-electron chi connectivity index (χ2n) is 3.81. The van der Waals surface area contributed by atoms with Crippen molar-refractivity contribution < 1.29 is 14.3 Å². The van der Waals surface area contributed by atoms with Gasteiger partial charge in [-0.15, -0.1) is 0 Å². The molecule has 0 unspecified atom stereocenters. The van der Waals surface area contributed by atoms with Crippen molar-refractivity contribution in [1.29, 1.82) is 0 Å². The lowest BCUT2D eigenvalue weighted by molar-refractivity contribution is -0.116. The summed E-state index contributed by atoms with van der Waals surface area (Å²) in [5, 5.41) is 11.0. The van der Waals surface area contributed by atoms with Crippen molar-refractivity contribution in [3.8, 4) is 11.8 Å². The van der Waals surface area contributed by atoms with Gasteiger partial charge >= 0.3 is 0 Å². The van der Waals surface area contributed by atoms with E-state index in [2.05, 4.69) is 17.2 Å². The zero-order chi connectivity index (χ0) is 13.4. The molecule has 1 amide bonds. The average Bonchev–Trinajstić information content (AvgIpc) is 2.36. The monoisotopic (exact) mass is 249 g/mol. The number of aliphatic hydroxyl groups excluding tert-OH is 1. The maximum absolute atomic E-state index is 13.6. The van der Waals surface area contributed by atoms with E-state index in [0.717, 1.165) is 12.8 Å². The summed E-state index contributed by atoms with van der Waals surface area (Å²) in [4.78, 5) is 11.4. The normalized spacial score (nSPS) is 9.50. The Morgan fingerprint density at radius 3 is 2.89 bits per heavy atom. The lowest BCUT2D eigenvalue weighted by Gasteiger charge is -2.06. The molecule has 0 fully saturated rings. The fraction of sp³-hybridized carbons (Fsp3) is 0.357. The van der Waals surface area contributed by atoms with Crippen LogP contribution in [-0.4, -0.2) is 17.6 Å². The van der Waals surface area contributed by atoms with Crippen molar-refractivity contribution in [2.24, 2.45) is 0 Å². The average molecular weight is 249 g/mol. The fourth-order valence-electron chi connectivity index (χ4n) is 1.39. The largest absolute Gasteiger partial charge is 0.384 e. The number of halogens is 1. The van der Waals surface area contributed by atoms with Gasteiger partial charge in [-0.1, -0.05) is 25.2 Å². The molecule has 0 saturated heterocycles. The lowest BCUT2D eigenvalue weighted by atomic mass is 10.2. The summed E-state index contributed by atoms with van der Waals surface area (Å²) < 4.78 is 13.6. The van der Waals surface area contributed by atoms with Gasteiger partial charge in [-0.3, -0.25) is 4.79 Å². The second-order valence-corrected chi connectivity index (χ2v) is 3.81. The molecule has 0 aliphatic heterocycles. The Labute approximate surface area is 106 Å². The van der Waals surface area contributed by atoms with Crippen LogP contribution in [0.1, 0.15) is 31.7 Å². The third kappa shape index (κ3) is 4.56. The molecule has 0 bridgehead atoms. The molecule has 96 valence electrons. The van der Waals surface area contributed by atoms with Crippen molar-refractivity contribution in [3.05, 3.63) is 29.6 Å². The Hall–Kier alpha value is -1.86. The molecule has 4 heteroatoms. The number of anilines is 1. The quantitative estimate of drug-likeness (QED) is 0.804. The zero-order valence-electron chi connectivity index (χ0n) is 10.3. The van der Waals surface area contributed by atoms with E-state index in [1.54, 1.807) is 6.07 Å². The summed E-state index contributed by atoms with van der Waals surface area (Å²) in [6.45, 7) is 1.72. The summed E-state index contributed by atoms with van der Waals surface area (Å²) in [5.41, 5.74) is 0.624. The summed E-state index contributed by atoms with van der Waals surface area (Å²) in [5.74, 6) is 4.32. The highest BCUT2D eigenvalue weighted by atomic mass is 19.1. The van der Waals surface area contributed by atoms with Gasteiger partial charge in [0.2, 0.25) is 5.91 Å². The molecular formula is C14H16FNO2. The van der Waals surface area contributed by atoms with Crippen LogP contribution in [0.5, 0.6) is 0 Å². The molecule has 0 aromatic heterocycles. The molecule has 18 heavy (non-hydrogen) atoms. The number of aliphatic hydroxyl groups is 1. The number of unbranched alkanes of at least 4 members (excludes halogenated alkanes) is 1. The van der Waals surface area contributed by atoms with E-state index in [4.69, 9.17) is 5.11 Å². The second kappa shape index (κ2) is 7.46. The third-order valence-electron chi connectivity index (χ3n) is 2.31. The van der Waals surface area contributed by atoms with E-state index >= 15 is 0 Å². The van der Waals surface area contributed by atoms with Crippen LogP contribution in [0.25, 0.3) is 0 Å². The van der Waals surface area contributed by atoms with Gasteiger partial charge in [0.25, 0.3) is 0 Å². The highest BCUT2D eigenvalue weighted by Crippen LogP contribution is 2.15. The van der Waals surface area contributed by atoms with Crippen LogP contribution in [0, 0.1) is 17.7 Å². The van der Waals surface area contributed by atoms with Crippen LogP contribution in [0.2, 0.25) is 0 Å². The molecule has 0 radical (unpaired) electrons. The highest BCUT2D eigenvalue weighted by Gasteiger charge is 2.06. The summed E-state index contributed by atoms with van der Waals surface area (Å²) in [6, 6.07) is 4.31. The van der Waals surface area contributed by atoms with E-state index in [0.29, 0.717) is 12.0 Å². The first-order valence-electron chi connectivity index (χ1n) is 5.86. The van der Waals surface area contributed by atoms with Gasteiger partial charge in [-0.25, -0.2) is 4.39 Å². The molecule has 1 aromatic carbocycles. The molecule has 1 rings (SSSR count). The summed E-state index contributed by atoms with van der Waals surface area (Å²) >= 11 is 0. The Morgan fingerprint density at radius 2 is 2.28 bits per heavy atom. The Balaban J connectivity index is 2.70. The van der Waals surface area contributed by atoms with Gasteiger partial charge < -0.3 is 10.4 Å². The van der Waals surface area contributed by atoms with E-state index < -0.39 is 5.82 Å². The maximum Gasteiger partial charge on any atom is 0.224 e. The number of hydrogen-bond donors (Lipinski definition) is 2. The van der Waals surface area contributed by atoms with Crippen LogP contribution >= 0.6 is 0 Å². The molecule has 0 spiro atoms. The number of rotatable bonds is 4. The SMILES string of the molecule is CCCCC(=O)Nc1ccc(C#CCO)cc1F. The predicted octanol–water partition coefficient (Wildman–Crippen LogP) is 2.30. The van der Waals surface area contributed by atoms with Crippen molar-refractivity contribution in [2.45, 2.75) is 26.2 Å². The van der Waals surface area contributed by atoms with Crippen molar-refractivity contribution >= 4 is 11.6 Å². The number of carbonyl (C=O) groups is 1. The molecular weight excluding hydrogens is 233 g/mol. The first-order valence-corrected chi connectivity index (χ1v) is 5.86. The van der Waals surface area contributed by atoms with E-state index in [-0.39, 0.29) is 18.2 Å². The number of carbonyl (C=O) groups excluding carboxylic acids is 1. The smallest absolute Gasteiger partial charge is 0.224 e. The molecule has 0 atom stereocenters. The van der Waals surface area contributed by atoms with Gasteiger partial charge in [0.1, 0.15) is 12.4 Å². The van der Waals surface area contributed by atoms with Crippen LogP contribution in [0.4, 0.5) is 10.1 Å². The Kier molecular flexibility index (Phi) is 5.89. The highest BCUT2D eigenvalue weighted by molar-refractivity contribution is 5.90. The van der Waals surface area contributed by atoms with E-state index in [1.165, 1.54) is 12.1 Å². The van der Waals surface area contributed by atoms with E-state index in [1.807, 2.05) is 6.92 Å². The number of benzene rings is 1. The minimum atomic E-state index is -0.524. The van der Waals surface area contributed by atoms with Gasteiger partial charge in [0.15, 0.2) is 0 Å². The summed E-state index contributed by atoms with van der Waals surface area (Å²) in [7, 11) is 0. The fourth-order valence-corrected chi connectivity index (χ4v) is 1.39. The first-order chi connectivity index (χ1) is 8.67. The molecule has 0 heterocycles. The molecule has 0 aliphatic carbocycles. The van der Waals surface area contributed by atoms with Crippen LogP contribution in [-0.2, 0) is 4.79 Å². The van der Waals surface area contributed by atoms with Crippen molar-refractivity contribution in [3.63, 3.8) is 0 Å². The number of nitrogens with one attached hydrogen (secondary N) is 1. The van der Waals surface area contributed by atoms with Crippen LogP contribution < -0.4 is 5.32 Å². The van der Waals surface area contributed by atoms with E-state index in [9.17, 15) is 9.18 Å². The lowest BCUT2D eigenvalue weighted by Crippen LogP contribution is -2.12. The molecule has 2 N–H and O–H groups in total.